The lowest BCUT2D eigenvalue weighted by atomic mass is 9.92. The van der Waals surface area contributed by atoms with Crippen molar-refractivity contribution in [1.82, 2.24) is 10.2 Å². The van der Waals surface area contributed by atoms with E-state index in [4.69, 9.17) is 11.6 Å². The number of aryl methyl sites for hydroxylation is 1. The van der Waals surface area contributed by atoms with Gasteiger partial charge in [0, 0.05) is 36.6 Å². The molecule has 0 radical (unpaired) electrons. The second-order valence-corrected chi connectivity index (χ2v) is 7.76. The predicted molar refractivity (Wildman–Crippen MR) is 111 cm³/mol. The minimum Gasteiger partial charge on any atom is -0.362 e. The van der Waals surface area contributed by atoms with Gasteiger partial charge in [-0.3, -0.25) is 4.79 Å². The highest BCUT2D eigenvalue weighted by atomic mass is 35.5. The third kappa shape index (κ3) is 3.64. The Morgan fingerprint density at radius 1 is 1.14 bits per heavy atom. The molecule has 3 N–H and O–H groups in total. The van der Waals surface area contributed by atoms with Gasteiger partial charge in [0.15, 0.2) is 0 Å². The van der Waals surface area contributed by atoms with Gasteiger partial charge in [0.2, 0.25) is 0 Å². The van der Waals surface area contributed by atoms with E-state index in [1.807, 2.05) is 24.3 Å². The van der Waals surface area contributed by atoms with Gasteiger partial charge in [-0.2, -0.15) is 0 Å². The Labute approximate surface area is 169 Å². The topological polar surface area (TPSA) is 73.5 Å². The second-order valence-electron chi connectivity index (χ2n) is 7.32. The molecule has 6 nitrogen and oxygen atoms in total. The lowest BCUT2D eigenvalue weighted by Gasteiger charge is -2.45. The summed E-state index contributed by atoms with van der Waals surface area (Å²) in [5.74, 6) is -0.112. The maximum atomic E-state index is 12.6. The van der Waals surface area contributed by atoms with Crippen molar-refractivity contribution in [2.24, 2.45) is 0 Å². The molecule has 0 bridgehead atoms. The molecule has 0 atom stereocenters. The predicted octanol–water partition coefficient (Wildman–Crippen LogP) is 4.08. The summed E-state index contributed by atoms with van der Waals surface area (Å²) >= 11 is 6.08. The maximum Gasteiger partial charge on any atom is 0.321 e. The molecular formula is C21H23ClN4O2. The summed E-state index contributed by atoms with van der Waals surface area (Å²) in [6, 6.07) is 13.0. The van der Waals surface area contributed by atoms with Crippen molar-refractivity contribution < 1.29 is 9.59 Å². The van der Waals surface area contributed by atoms with Crippen LogP contribution in [0.3, 0.4) is 0 Å². The van der Waals surface area contributed by atoms with Crippen LogP contribution in [0, 0.1) is 0 Å². The summed E-state index contributed by atoms with van der Waals surface area (Å²) in [4.78, 5) is 26.9. The molecule has 7 heteroatoms. The third-order valence-electron chi connectivity index (χ3n) is 5.47. The normalized spacial score (nSPS) is 17.5. The summed E-state index contributed by atoms with van der Waals surface area (Å²) in [5.41, 5.74) is 2.80. The van der Waals surface area contributed by atoms with Gasteiger partial charge in [-0.15, -0.1) is 0 Å². The van der Waals surface area contributed by atoms with E-state index >= 15 is 0 Å². The van der Waals surface area contributed by atoms with Gasteiger partial charge >= 0.3 is 6.03 Å². The number of benzene rings is 2. The summed E-state index contributed by atoms with van der Waals surface area (Å²) < 4.78 is 0. The van der Waals surface area contributed by atoms with Gasteiger partial charge in [-0.25, -0.2) is 4.79 Å². The van der Waals surface area contributed by atoms with Gasteiger partial charge < -0.3 is 20.9 Å². The SMILES string of the molecule is CCc1ccc(NC(=O)N2CCC3(CC2)NC(=O)c2ccc(Cl)cc2N3)cc1. The standard InChI is InChI=1S/C21H23ClN4O2/c1-2-14-3-6-16(7-4-14)23-20(28)26-11-9-21(10-12-26)24-18-13-15(22)5-8-17(18)19(27)25-21/h3-8,13,24H,2,9-12H2,1H3,(H,23,28)(H,25,27). The van der Waals surface area contributed by atoms with Crippen molar-refractivity contribution in [3.63, 3.8) is 0 Å². The fourth-order valence-electron chi connectivity index (χ4n) is 3.76. The number of carbonyl (C=O) groups excluding carboxylic acids is 2. The first-order valence-electron chi connectivity index (χ1n) is 9.53. The van der Waals surface area contributed by atoms with Gasteiger partial charge in [0.05, 0.1) is 11.3 Å². The minimum atomic E-state index is -0.547. The highest BCUT2D eigenvalue weighted by Crippen LogP contribution is 2.33. The average Bonchev–Trinajstić information content (AvgIpc) is 2.68. The Morgan fingerprint density at radius 2 is 1.86 bits per heavy atom. The molecule has 1 spiro atoms. The van der Waals surface area contributed by atoms with E-state index in [2.05, 4.69) is 22.9 Å². The highest BCUT2D eigenvalue weighted by molar-refractivity contribution is 6.31. The number of piperidine rings is 1. The number of hydrogen-bond acceptors (Lipinski definition) is 3. The Bertz CT molecular complexity index is 905. The van der Waals surface area contributed by atoms with Crippen LogP contribution in [0.2, 0.25) is 5.02 Å². The fourth-order valence-corrected chi connectivity index (χ4v) is 3.93. The number of halogens is 1. The van der Waals surface area contributed by atoms with E-state index in [1.165, 1.54) is 5.56 Å². The summed E-state index contributed by atoms with van der Waals surface area (Å²) in [6.45, 7) is 3.19. The molecule has 1 fully saturated rings. The van der Waals surface area contributed by atoms with E-state index in [0.717, 1.165) is 17.8 Å². The maximum absolute atomic E-state index is 12.6. The minimum absolute atomic E-state index is 0.112. The van der Waals surface area contributed by atoms with Crippen LogP contribution in [-0.2, 0) is 6.42 Å². The van der Waals surface area contributed by atoms with E-state index < -0.39 is 5.66 Å². The Kier molecular flexibility index (Phi) is 4.89. The molecule has 2 aliphatic heterocycles. The molecule has 0 aliphatic carbocycles. The molecule has 2 aliphatic rings. The van der Waals surface area contributed by atoms with Gasteiger partial charge in [0.25, 0.3) is 5.91 Å². The van der Waals surface area contributed by atoms with Crippen LogP contribution in [-0.4, -0.2) is 35.6 Å². The van der Waals surface area contributed by atoms with Crippen molar-refractivity contribution in [3.8, 4) is 0 Å². The molecule has 2 aromatic rings. The van der Waals surface area contributed by atoms with Crippen LogP contribution in [0.4, 0.5) is 16.2 Å². The Balaban J connectivity index is 1.40. The quantitative estimate of drug-likeness (QED) is 0.713. The second kappa shape index (κ2) is 7.36. The van der Waals surface area contributed by atoms with E-state index in [-0.39, 0.29) is 11.9 Å². The highest BCUT2D eigenvalue weighted by Gasteiger charge is 2.41. The molecule has 28 heavy (non-hydrogen) atoms. The Morgan fingerprint density at radius 3 is 2.54 bits per heavy atom. The fraction of sp³-hybridized carbons (Fsp3) is 0.333. The molecule has 4 rings (SSSR count). The molecular weight excluding hydrogens is 376 g/mol. The smallest absolute Gasteiger partial charge is 0.321 e. The van der Waals surface area contributed by atoms with Crippen molar-refractivity contribution in [2.75, 3.05) is 23.7 Å². The Hall–Kier alpha value is -2.73. The number of amides is 3. The molecule has 0 unspecified atom stereocenters. The van der Waals surface area contributed by atoms with E-state index in [0.29, 0.717) is 36.5 Å². The number of carbonyl (C=O) groups is 2. The van der Waals surface area contributed by atoms with Crippen LogP contribution in [0.1, 0.15) is 35.7 Å². The number of rotatable bonds is 2. The number of urea groups is 1. The van der Waals surface area contributed by atoms with Gasteiger partial charge in [-0.05, 0) is 42.3 Å². The van der Waals surface area contributed by atoms with E-state index in [9.17, 15) is 9.59 Å². The first-order valence-corrected chi connectivity index (χ1v) is 9.91. The van der Waals surface area contributed by atoms with Gasteiger partial charge in [0.1, 0.15) is 5.66 Å². The van der Waals surface area contributed by atoms with Crippen LogP contribution in [0.5, 0.6) is 0 Å². The first kappa shape index (κ1) is 18.6. The van der Waals surface area contributed by atoms with E-state index in [1.54, 1.807) is 23.1 Å². The largest absolute Gasteiger partial charge is 0.362 e. The molecule has 2 aromatic carbocycles. The zero-order valence-electron chi connectivity index (χ0n) is 15.7. The summed E-state index contributed by atoms with van der Waals surface area (Å²) in [6.07, 6.45) is 2.20. The molecule has 0 saturated carbocycles. The van der Waals surface area contributed by atoms with Crippen molar-refractivity contribution >= 4 is 34.9 Å². The molecule has 2 heterocycles. The number of hydrogen-bond donors (Lipinski definition) is 3. The zero-order valence-corrected chi connectivity index (χ0v) is 16.5. The van der Waals surface area contributed by atoms with Crippen molar-refractivity contribution in [3.05, 3.63) is 58.6 Å². The summed E-state index contributed by atoms with van der Waals surface area (Å²) in [7, 11) is 0. The first-order chi connectivity index (χ1) is 13.5. The number of nitrogens with one attached hydrogen (secondary N) is 3. The number of nitrogens with zero attached hydrogens (tertiary/aromatic N) is 1. The van der Waals surface area contributed by atoms with Crippen LogP contribution in [0.15, 0.2) is 42.5 Å². The van der Waals surface area contributed by atoms with Crippen LogP contribution in [0.25, 0.3) is 0 Å². The van der Waals surface area contributed by atoms with Crippen molar-refractivity contribution in [2.45, 2.75) is 31.8 Å². The number of likely N-dealkylation sites (tertiary alicyclic amines) is 1. The lowest BCUT2D eigenvalue weighted by Crippen LogP contribution is -2.63. The lowest BCUT2D eigenvalue weighted by molar-refractivity contribution is 0.0852. The molecule has 0 aromatic heterocycles. The monoisotopic (exact) mass is 398 g/mol. The average molecular weight is 399 g/mol. The number of fused-ring (bicyclic) bond motifs is 1. The zero-order chi connectivity index (χ0) is 19.7. The van der Waals surface area contributed by atoms with Crippen molar-refractivity contribution in [1.29, 1.82) is 0 Å². The third-order valence-corrected chi connectivity index (χ3v) is 5.71. The van der Waals surface area contributed by atoms with Crippen LogP contribution < -0.4 is 16.0 Å². The van der Waals surface area contributed by atoms with Crippen LogP contribution >= 0.6 is 11.6 Å². The molecule has 1 saturated heterocycles. The molecule has 3 amide bonds. The van der Waals surface area contributed by atoms with Gasteiger partial charge in [-0.1, -0.05) is 30.7 Å². The number of anilines is 2. The summed E-state index contributed by atoms with van der Waals surface area (Å²) in [5, 5.41) is 10.0. The molecule has 146 valence electrons.